The molecule has 0 aliphatic heterocycles. The molecule has 4 aromatic rings. The van der Waals surface area contributed by atoms with Gasteiger partial charge in [-0.1, -0.05) is 64.5 Å². The summed E-state index contributed by atoms with van der Waals surface area (Å²) in [5.41, 5.74) is 4.35. The molecule has 4 heteroatoms. The number of para-hydroxylation sites is 1. The van der Waals surface area contributed by atoms with Crippen molar-refractivity contribution in [3.05, 3.63) is 88.9 Å². The first-order valence-electron chi connectivity index (χ1n) is 7.95. The number of anilines is 1. The molecule has 0 aliphatic rings. The zero-order chi connectivity index (χ0) is 17.2. The van der Waals surface area contributed by atoms with E-state index >= 15 is 0 Å². The summed E-state index contributed by atoms with van der Waals surface area (Å²) in [7, 11) is 0. The number of aromatic nitrogens is 1. The fourth-order valence-corrected chi connectivity index (χ4v) is 3.14. The van der Waals surface area contributed by atoms with Crippen LogP contribution in [0, 0.1) is 0 Å². The number of aromatic amines is 1. The third kappa shape index (κ3) is 3.08. The maximum Gasteiger partial charge on any atom is 0.255 e. The van der Waals surface area contributed by atoms with Crippen molar-refractivity contribution in [3.8, 4) is 11.3 Å². The van der Waals surface area contributed by atoms with Gasteiger partial charge >= 0.3 is 0 Å². The zero-order valence-electron chi connectivity index (χ0n) is 13.3. The number of halogens is 1. The summed E-state index contributed by atoms with van der Waals surface area (Å²) in [6.45, 7) is 0. The van der Waals surface area contributed by atoms with Crippen LogP contribution >= 0.6 is 15.9 Å². The molecule has 122 valence electrons. The molecule has 25 heavy (non-hydrogen) atoms. The minimum atomic E-state index is -0.130. The average molecular weight is 391 g/mol. The maximum absolute atomic E-state index is 12.7. The second-order valence-electron chi connectivity index (χ2n) is 5.75. The fraction of sp³-hybridized carbons (Fsp3) is 0. The average Bonchev–Trinajstić information content (AvgIpc) is 3.02. The predicted molar refractivity (Wildman–Crippen MR) is 106 cm³/mol. The van der Waals surface area contributed by atoms with Crippen LogP contribution in [0.15, 0.2) is 83.3 Å². The Bertz CT molecular complexity index is 1040. The standard InChI is InChI=1S/C21H15BrN2O/c22-16-12-10-15(11-13-16)21(25)24-20-17-8-4-5-9-18(17)23-19(20)14-6-2-1-3-7-14/h1-13,23H,(H,24,25). The van der Waals surface area contributed by atoms with E-state index in [1.165, 1.54) is 0 Å². The van der Waals surface area contributed by atoms with Crippen molar-refractivity contribution >= 4 is 38.4 Å². The van der Waals surface area contributed by atoms with Gasteiger partial charge in [0.25, 0.3) is 5.91 Å². The zero-order valence-corrected chi connectivity index (χ0v) is 14.9. The molecule has 1 amide bonds. The second-order valence-corrected chi connectivity index (χ2v) is 6.66. The topological polar surface area (TPSA) is 44.9 Å². The minimum absolute atomic E-state index is 0.130. The number of amides is 1. The molecule has 0 unspecified atom stereocenters. The molecule has 0 radical (unpaired) electrons. The van der Waals surface area contributed by atoms with Gasteiger partial charge in [-0.05, 0) is 30.3 Å². The first kappa shape index (κ1) is 15.7. The highest BCUT2D eigenvalue weighted by molar-refractivity contribution is 9.10. The Kier molecular flexibility index (Phi) is 4.12. The fourth-order valence-electron chi connectivity index (χ4n) is 2.88. The number of nitrogens with one attached hydrogen (secondary N) is 2. The van der Waals surface area contributed by atoms with Crippen molar-refractivity contribution in [1.29, 1.82) is 0 Å². The predicted octanol–water partition coefficient (Wildman–Crippen LogP) is 5.85. The lowest BCUT2D eigenvalue weighted by atomic mass is 10.1. The van der Waals surface area contributed by atoms with Crippen LogP contribution in [0.1, 0.15) is 10.4 Å². The molecule has 0 fully saturated rings. The Balaban J connectivity index is 1.80. The van der Waals surface area contributed by atoms with Crippen molar-refractivity contribution in [2.45, 2.75) is 0 Å². The molecule has 1 aromatic heterocycles. The normalized spacial score (nSPS) is 10.8. The first-order valence-corrected chi connectivity index (χ1v) is 8.75. The van der Waals surface area contributed by atoms with Crippen molar-refractivity contribution in [2.24, 2.45) is 0 Å². The van der Waals surface area contributed by atoms with Gasteiger partial charge in [-0.25, -0.2) is 0 Å². The van der Waals surface area contributed by atoms with Crippen LogP contribution in [-0.4, -0.2) is 10.9 Å². The highest BCUT2D eigenvalue weighted by atomic mass is 79.9. The Labute approximate surface area is 153 Å². The van der Waals surface area contributed by atoms with Crippen LogP contribution < -0.4 is 5.32 Å². The second kappa shape index (κ2) is 6.57. The summed E-state index contributed by atoms with van der Waals surface area (Å²) in [4.78, 5) is 16.1. The monoisotopic (exact) mass is 390 g/mol. The summed E-state index contributed by atoms with van der Waals surface area (Å²) < 4.78 is 0.945. The van der Waals surface area contributed by atoms with E-state index in [-0.39, 0.29) is 5.91 Å². The van der Waals surface area contributed by atoms with E-state index in [9.17, 15) is 4.79 Å². The number of hydrogen-bond donors (Lipinski definition) is 2. The highest BCUT2D eigenvalue weighted by Gasteiger charge is 2.16. The van der Waals surface area contributed by atoms with Crippen molar-refractivity contribution < 1.29 is 4.79 Å². The molecule has 0 spiro atoms. The summed E-state index contributed by atoms with van der Waals surface area (Å²) in [5, 5.41) is 4.07. The third-order valence-corrected chi connectivity index (χ3v) is 4.64. The molecule has 4 rings (SSSR count). The van der Waals surface area contributed by atoms with E-state index in [1.54, 1.807) is 12.1 Å². The van der Waals surface area contributed by atoms with Crippen LogP contribution in [0.2, 0.25) is 0 Å². The number of H-pyrrole nitrogens is 1. The van der Waals surface area contributed by atoms with E-state index in [0.29, 0.717) is 5.56 Å². The van der Waals surface area contributed by atoms with Gasteiger partial charge in [-0.3, -0.25) is 4.79 Å². The lowest BCUT2D eigenvalue weighted by molar-refractivity contribution is 0.102. The van der Waals surface area contributed by atoms with Crippen molar-refractivity contribution in [3.63, 3.8) is 0 Å². The van der Waals surface area contributed by atoms with E-state index < -0.39 is 0 Å². The van der Waals surface area contributed by atoms with Crippen LogP contribution in [0.25, 0.3) is 22.2 Å². The van der Waals surface area contributed by atoms with E-state index in [4.69, 9.17) is 0 Å². The van der Waals surface area contributed by atoms with Crippen molar-refractivity contribution in [2.75, 3.05) is 5.32 Å². The number of rotatable bonds is 3. The molecule has 0 saturated heterocycles. The van der Waals surface area contributed by atoms with Gasteiger partial charge in [0.05, 0.1) is 11.4 Å². The minimum Gasteiger partial charge on any atom is -0.353 e. The highest BCUT2D eigenvalue weighted by Crippen LogP contribution is 2.35. The van der Waals surface area contributed by atoms with Gasteiger partial charge in [-0.15, -0.1) is 0 Å². The number of benzene rings is 3. The molecular formula is C21H15BrN2O. The number of fused-ring (bicyclic) bond motifs is 1. The van der Waals surface area contributed by atoms with E-state index in [0.717, 1.165) is 32.3 Å². The smallest absolute Gasteiger partial charge is 0.255 e. The molecule has 0 aliphatic carbocycles. The molecule has 2 N–H and O–H groups in total. The Morgan fingerprint density at radius 1 is 0.840 bits per heavy atom. The maximum atomic E-state index is 12.7. The largest absolute Gasteiger partial charge is 0.353 e. The summed E-state index contributed by atoms with van der Waals surface area (Å²) in [5.74, 6) is -0.130. The summed E-state index contributed by atoms with van der Waals surface area (Å²) >= 11 is 3.39. The molecule has 0 bridgehead atoms. The van der Waals surface area contributed by atoms with E-state index in [1.807, 2.05) is 66.7 Å². The molecule has 0 atom stereocenters. The van der Waals surface area contributed by atoms with E-state index in [2.05, 4.69) is 26.2 Å². The number of carbonyl (C=O) groups excluding carboxylic acids is 1. The Morgan fingerprint density at radius 2 is 1.52 bits per heavy atom. The van der Waals surface area contributed by atoms with Crippen LogP contribution in [-0.2, 0) is 0 Å². The first-order chi connectivity index (χ1) is 12.2. The lowest BCUT2D eigenvalue weighted by Gasteiger charge is -2.08. The van der Waals surface area contributed by atoms with Gasteiger partial charge in [0.1, 0.15) is 0 Å². The summed E-state index contributed by atoms with van der Waals surface area (Å²) in [6.07, 6.45) is 0. The van der Waals surface area contributed by atoms with Crippen molar-refractivity contribution in [1.82, 2.24) is 4.98 Å². The molecular weight excluding hydrogens is 376 g/mol. The SMILES string of the molecule is O=C(Nc1c(-c2ccccc2)[nH]c2ccccc12)c1ccc(Br)cc1. The van der Waals surface area contributed by atoms with Gasteiger partial charge in [0, 0.05) is 26.5 Å². The van der Waals surface area contributed by atoms with Gasteiger partial charge in [0.2, 0.25) is 0 Å². The Hall–Kier alpha value is -2.85. The Morgan fingerprint density at radius 3 is 2.28 bits per heavy atom. The number of hydrogen-bond acceptors (Lipinski definition) is 1. The molecule has 3 aromatic carbocycles. The summed E-state index contributed by atoms with van der Waals surface area (Å²) in [6, 6.07) is 25.3. The molecule has 3 nitrogen and oxygen atoms in total. The van der Waals surface area contributed by atoms with Gasteiger partial charge < -0.3 is 10.3 Å². The van der Waals surface area contributed by atoms with Crippen LogP contribution in [0.5, 0.6) is 0 Å². The third-order valence-electron chi connectivity index (χ3n) is 4.11. The van der Waals surface area contributed by atoms with Gasteiger partial charge in [-0.2, -0.15) is 0 Å². The van der Waals surface area contributed by atoms with Crippen LogP contribution in [0.3, 0.4) is 0 Å². The lowest BCUT2D eigenvalue weighted by Crippen LogP contribution is -2.12. The molecule has 1 heterocycles. The quantitative estimate of drug-likeness (QED) is 0.452. The van der Waals surface area contributed by atoms with Gasteiger partial charge in [0.15, 0.2) is 0 Å². The van der Waals surface area contributed by atoms with Crippen LogP contribution in [0.4, 0.5) is 5.69 Å². The number of carbonyl (C=O) groups is 1. The molecule has 0 saturated carbocycles.